The van der Waals surface area contributed by atoms with Crippen LogP contribution in [0.25, 0.3) is 0 Å². The summed E-state index contributed by atoms with van der Waals surface area (Å²) < 4.78 is 33.1. The molecule has 0 spiro atoms. The summed E-state index contributed by atoms with van der Waals surface area (Å²) in [5.41, 5.74) is 3.86. The third kappa shape index (κ3) is 2.64. The molecule has 0 saturated carbocycles. The summed E-state index contributed by atoms with van der Waals surface area (Å²) in [4.78, 5) is 0. The van der Waals surface area contributed by atoms with E-state index in [0.29, 0.717) is 11.3 Å². The third-order valence-corrected chi connectivity index (χ3v) is 3.15. The van der Waals surface area contributed by atoms with Crippen molar-refractivity contribution in [2.75, 3.05) is 7.11 Å². The zero-order valence-electron chi connectivity index (χ0n) is 11.3. The molecule has 1 atom stereocenters. The Hall–Kier alpha value is -1.98. The van der Waals surface area contributed by atoms with Crippen molar-refractivity contribution in [1.29, 1.82) is 0 Å². The van der Waals surface area contributed by atoms with E-state index >= 15 is 0 Å². The highest BCUT2D eigenvalue weighted by Crippen LogP contribution is 2.32. The molecule has 0 aliphatic carbocycles. The topological polar surface area (TPSA) is 47.3 Å². The van der Waals surface area contributed by atoms with Crippen molar-refractivity contribution in [2.45, 2.75) is 13.0 Å². The fraction of sp³-hybridized carbons (Fsp3) is 0.200. The zero-order valence-corrected chi connectivity index (χ0v) is 11.3. The van der Waals surface area contributed by atoms with E-state index in [0.717, 1.165) is 5.56 Å². The minimum Gasteiger partial charge on any atom is -0.496 e. The number of hydrogen-bond donors (Lipinski definition) is 2. The SMILES string of the molecule is COc1ccc(C)cc1C(NN)c1c(F)cccc1F. The first-order valence-corrected chi connectivity index (χ1v) is 6.13. The molecule has 2 aromatic rings. The molecule has 1 unspecified atom stereocenters. The zero-order chi connectivity index (χ0) is 14.7. The molecule has 0 aromatic heterocycles. The van der Waals surface area contributed by atoms with E-state index in [-0.39, 0.29) is 5.56 Å². The number of nitrogens with one attached hydrogen (secondary N) is 1. The predicted molar refractivity (Wildman–Crippen MR) is 73.3 cm³/mol. The molecule has 3 nitrogen and oxygen atoms in total. The lowest BCUT2D eigenvalue weighted by Gasteiger charge is -2.21. The van der Waals surface area contributed by atoms with Gasteiger partial charge in [0.1, 0.15) is 17.4 Å². The fourth-order valence-electron chi connectivity index (χ4n) is 2.19. The molecule has 0 saturated heterocycles. The summed E-state index contributed by atoms with van der Waals surface area (Å²) in [6.07, 6.45) is 0. The smallest absolute Gasteiger partial charge is 0.131 e. The average Bonchev–Trinajstić information content (AvgIpc) is 2.43. The van der Waals surface area contributed by atoms with Crippen LogP contribution >= 0.6 is 0 Å². The van der Waals surface area contributed by atoms with Crippen LogP contribution in [-0.2, 0) is 0 Å². The van der Waals surface area contributed by atoms with Crippen LogP contribution in [0.2, 0.25) is 0 Å². The van der Waals surface area contributed by atoms with Crippen LogP contribution in [0.1, 0.15) is 22.7 Å². The molecule has 3 N–H and O–H groups in total. The monoisotopic (exact) mass is 278 g/mol. The van der Waals surface area contributed by atoms with Gasteiger partial charge in [0, 0.05) is 11.1 Å². The molecule has 0 aliphatic heterocycles. The van der Waals surface area contributed by atoms with Crippen molar-refractivity contribution < 1.29 is 13.5 Å². The Morgan fingerprint density at radius 3 is 2.35 bits per heavy atom. The van der Waals surface area contributed by atoms with Crippen LogP contribution in [0.4, 0.5) is 8.78 Å². The largest absolute Gasteiger partial charge is 0.496 e. The molecule has 0 radical (unpaired) electrons. The molecule has 0 aliphatic rings. The lowest BCUT2D eigenvalue weighted by atomic mass is 9.96. The van der Waals surface area contributed by atoms with Gasteiger partial charge in [-0.3, -0.25) is 5.84 Å². The number of rotatable bonds is 4. The Labute approximate surface area is 116 Å². The number of hydrazine groups is 1. The van der Waals surface area contributed by atoms with Crippen molar-refractivity contribution in [1.82, 2.24) is 5.43 Å². The summed E-state index contributed by atoms with van der Waals surface area (Å²) in [5.74, 6) is 4.71. The lowest BCUT2D eigenvalue weighted by molar-refractivity contribution is 0.401. The van der Waals surface area contributed by atoms with E-state index in [1.807, 2.05) is 13.0 Å². The number of aryl methyl sites for hydroxylation is 1. The summed E-state index contributed by atoms with van der Waals surface area (Å²) in [7, 11) is 1.50. The van der Waals surface area contributed by atoms with Gasteiger partial charge in [0.2, 0.25) is 0 Å². The summed E-state index contributed by atoms with van der Waals surface area (Å²) >= 11 is 0. The summed E-state index contributed by atoms with van der Waals surface area (Å²) in [6.45, 7) is 1.88. The van der Waals surface area contributed by atoms with Crippen LogP contribution in [0.3, 0.4) is 0 Å². The highest BCUT2D eigenvalue weighted by Gasteiger charge is 2.23. The van der Waals surface area contributed by atoms with E-state index in [4.69, 9.17) is 10.6 Å². The molecule has 0 heterocycles. The number of ether oxygens (including phenoxy) is 1. The van der Waals surface area contributed by atoms with Crippen molar-refractivity contribution in [3.05, 3.63) is 64.7 Å². The van der Waals surface area contributed by atoms with Crippen LogP contribution in [-0.4, -0.2) is 7.11 Å². The van der Waals surface area contributed by atoms with E-state index in [2.05, 4.69) is 5.43 Å². The van der Waals surface area contributed by atoms with Gasteiger partial charge in [-0.05, 0) is 25.1 Å². The fourth-order valence-corrected chi connectivity index (χ4v) is 2.19. The van der Waals surface area contributed by atoms with Crippen LogP contribution < -0.4 is 16.0 Å². The number of methoxy groups -OCH3 is 1. The quantitative estimate of drug-likeness (QED) is 0.668. The van der Waals surface area contributed by atoms with Gasteiger partial charge in [0.25, 0.3) is 0 Å². The van der Waals surface area contributed by atoms with Gasteiger partial charge in [-0.1, -0.05) is 23.8 Å². The molecule has 2 aromatic carbocycles. The van der Waals surface area contributed by atoms with Gasteiger partial charge < -0.3 is 4.74 Å². The number of nitrogens with two attached hydrogens (primary N) is 1. The first kappa shape index (κ1) is 14.4. The Morgan fingerprint density at radius 2 is 1.80 bits per heavy atom. The Morgan fingerprint density at radius 1 is 1.15 bits per heavy atom. The molecular formula is C15H16F2N2O. The number of hydrogen-bond acceptors (Lipinski definition) is 3. The van der Waals surface area contributed by atoms with Crippen molar-refractivity contribution >= 4 is 0 Å². The van der Waals surface area contributed by atoms with E-state index in [1.54, 1.807) is 12.1 Å². The molecular weight excluding hydrogens is 262 g/mol. The first-order valence-electron chi connectivity index (χ1n) is 6.13. The standard InChI is InChI=1S/C15H16F2N2O/c1-9-6-7-13(20-2)10(8-9)15(19-18)14-11(16)4-3-5-12(14)17/h3-8,15,19H,18H2,1-2H3. The second kappa shape index (κ2) is 5.98. The summed E-state index contributed by atoms with van der Waals surface area (Å²) in [6, 6.07) is 8.27. The maximum Gasteiger partial charge on any atom is 0.131 e. The van der Waals surface area contributed by atoms with E-state index in [1.165, 1.54) is 25.3 Å². The molecule has 2 rings (SSSR count). The minimum absolute atomic E-state index is 0.126. The molecule has 5 heteroatoms. The normalized spacial score (nSPS) is 12.2. The Balaban J connectivity index is 2.61. The summed E-state index contributed by atoms with van der Waals surface area (Å²) in [5, 5.41) is 0. The van der Waals surface area contributed by atoms with Crippen LogP contribution in [0.15, 0.2) is 36.4 Å². The van der Waals surface area contributed by atoms with E-state index in [9.17, 15) is 8.78 Å². The Kier molecular flexibility index (Phi) is 4.32. The van der Waals surface area contributed by atoms with Gasteiger partial charge >= 0.3 is 0 Å². The van der Waals surface area contributed by atoms with Gasteiger partial charge in [0.05, 0.1) is 13.2 Å². The molecule has 106 valence electrons. The number of benzene rings is 2. The molecule has 20 heavy (non-hydrogen) atoms. The number of halogens is 2. The van der Waals surface area contributed by atoms with Gasteiger partial charge in [-0.25, -0.2) is 14.2 Å². The highest BCUT2D eigenvalue weighted by molar-refractivity contribution is 5.44. The maximum atomic E-state index is 13.9. The lowest BCUT2D eigenvalue weighted by Crippen LogP contribution is -2.30. The second-order valence-electron chi connectivity index (χ2n) is 4.48. The van der Waals surface area contributed by atoms with Gasteiger partial charge in [-0.2, -0.15) is 0 Å². The minimum atomic E-state index is -0.828. The predicted octanol–water partition coefficient (Wildman–Crippen LogP) is 2.83. The van der Waals surface area contributed by atoms with Gasteiger partial charge in [0.15, 0.2) is 0 Å². The van der Waals surface area contributed by atoms with Crippen molar-refractivity contribution in [2.24, 2.45) is 5.84 Å². The molecule has 0 bridgehead atoms. The van der Waals surface area contributed by atoms with E-state index < -0.39 is 17.7 Å². The first-order chi connectivity index (χ1) is 9.58. The second-order valence-corrected chi connectivity index (χ2v) is 4.48. The molecule has 0 amide bonds. The third-order valence-electron chi connectivity index (χ3n) is 3.15. The maximum absolute atomic E-state index is 13.9. The van der Waals surface area contributed by atoms with Crippen molar-refractivity contribution in [3.8, 4) is 5.75 Å². The van der Waals surface area contributed by atoms with Crippen LogP contribution in [0, 0.1) is 18.6 Å². The molecule has 0 fully saturated rings. The average molecular weight is 278 g/mol. The Bertz CT molecular complexity index is 597. The van der Waals surface area contributed by atoms with Crippen molar-refractivity contribution in [3.63, 3.8) is 0 Å². The van der Waals surface area contributed by atoms with Gasteiger partial charge in [-0.15, -0.1) is 0 Å². The van der Waals surface area contributed by atoms with Crippen LogP contribution in [0.5, 0.6) is 5.75 Å². The highest BCUT2D eigenvalue weighted by atomic mass is 19.1.